The summed E-state index contributed by atoms with van der Waals surface area (Å²) < 4.78 is 7.33. The second-order valence-corrected chi connectivity index (χ2v) is 14.8. The molecule has 2 aromatic heterocycles. The summed E-state index contributed by atoms with van der Waals surface area (Å²) in [5, 5.41) is 20.4. The second-order valence-electron chi connectivity index (χ2n) is 11.9. The third kappa shape index (κ3) is 7.57. The Kier molecular flexibility index (Phi) is 10.9. The van der Waals surface area contributed by atoms with Crippen molar-refractivity contribution in [1.82, 2.24) is 19.7 Å². The fourth-order valence-electron chi connectivity index (χ4n) is 5.70. The predicted molar refractivity (Wildman–Crippen MR) is 199 cm³/mol. The molecule has 6 rings (SSSR count). The van der Waals surface area contributed by atoms with Crippen LogP contribution in [0, 0.1) is 10.1 Å². The average molecular weight is 764 g/mol. The topological polar surface area (TPSA) is 145 Å². The first-order valence-electron chi connectivity index (χ1n) is 16.1. The molecule has 1 aliphatic rings. The SMILES string of the molecule is CCCC1=C(C(=O)OCC)[C@H](c2ccc(C(C)C)cc2)n2c(s/c(=C/c3ccc(Sc4n[nH]c(-c5ccc(Cl)cc5Cl)n4)c([N+](=O)[O-])c3)c2=O)=N1. The number of hydrogen-bond acceptors (Lipinski definition) is 10. The molecule has 51 heavy (non-hydrogen) atoms. The standard InChI is InChI=1S/C36H32Cl2N6O5S2/c1-5-7-26-30(34(46)49-6-2)31(22-11-9-21(10-12-22)19(3)4)43-33(45)29(51-36(43)39-26)17-20-8-15-28(27(16-20)44(47)48)50-35-40-32(41-42-35)24-14-13-23(37)18-25(24)38/h8-19,31H,5-7H2,1-4H3,(H,40,41,42)/b29-17+/t31-/m0/s1. The largest absolute Gasteiger partial charge is 0.463 e. The maximum Gasteiger partial charge on any atom is 0.338 e. The summed E-state index contributed by atoms with van der Waals surface area (Å²) in [6.45, 7) is 8.10. The molecule has 0 spiro atoms. The molecule has 0 aliphatic carbocycles. The van der Waals surface area contributed by atoms with Crippen LogP contribution in [0.5, 0.6) is 0 Å². The van der Waals surface area contributed by atoms with E-state index in [4.69, 9.17) is 32.9 Å². The molecule has 262 valence electrons. The van der Waals surface area contributed by atoms with E-state index < -0.39 is 16.9 Å². The number of rotatable bonds is 11. The van der Waals surface area contributed by atoms with Crippen LogP contribution in [-0.2, 0) is 9.53 Å². The number of aromatic nitrogens is 4. The van der Waals surface area contributed by atoms with Gasteiger partial charge in [0.15, 0.2) is 10.6 Å². The van der Waals surface area contributed by atoms with Crippen molar-refractivity contribution in [3.63, 3.8) is 0 Å². The molecule has 1 N–H and O–H groups in total. The van der Waals surface area contributed by atoms with Gasteiger partial charge in [0.2, 0.25) is 5.16 Å². The Morgan fingerprint density at radius 1 is 1.14 bits per heavy atom. The summed E-state index contributed by atoms with van der Waals surface area (Å²) in [6, 6.07) is 16.8. The zero-order chi connectivity index (χ0) is 36.4. The van der Waals surface area contributed by atoms with Crippen molar-refractivity contribution < 1.29 is 14.5 Å². The number of fused-ring (bicyclic) bond motifs is 1. The Morgan fingerprint density at radius 3 is 2.57 bits per heavy atom. The molecule has 0 fully saturated rings. The summed E-state index contributed by atoms with van der Waals surface area (Å²) in [5.74, 6) is 0.165. The quantitative estimate of drug-likeness (QED) is 0.0814. The van der Waals surface area contributed by atoms with Crippen LogP contribution in [-0.4, -0.2) is 37.2 Å². The number of nitrogens with zero attached hydrogens (tertiary/aromatic N) is 5. The van der Waals surface area contributed by atoms with Crippen LogP contribution in [0.25, 0.3) is 17.5 Å². The van der Waals surface area contributed by atoms with E-state index in [1.807, 2.05) is 31.2 Å². The highest BCUT2D eigenvalue weighted by Crippen LogP contribution is 2.36. The number of thiazole rings is 1. The van der Waals surface area contributed by atoms with Gasteiger partial charge >= 0.3 is 5.97 Å². The van der Waals surface area contributed by atoms with Crippen molar-refractivity contribution >= 4 is 64.0 Å². The number of nitro benzene ring substituents is 1. The molecule has 3 heterocycles. The van der Waals surface area contributed by atoms with E-state index in [1.165, 1.54) is 22.0 Å². The second kappa shape index (κ2) is 15.4. The Balaban J connectivity index is 1.40. The Bertz CT molecular complexity index is 2370. The van der Waals surface area contributed by atoms with E-state index >= 15 is 0 Å². The van der Waals surface area contributed by atoms with E-state index in [9.17, 15) is 19.7 Å². The van der Waals surface area contributed by atoms with Crippen LogP contribution in [0.1, 0.15) is 69.2 Å². The van der Waals surface area contributed by atoms with Crippen LogP contribution < -0.4 is 14.9 Å². The molecule has 0 unspecified atom stereocenters. The van der Waals surface area contributed by atoms with E-state index in [2.05, 4.69) is 29.0 Å². The van der Waals surface area contributed by atoms with Crippen molar-refractivity contribution in [3.05, 3.63) is 128 Å². The lowest BCUT2D eigenvalue weighted by atomic mass is 9.92. The molecule has 0 bridgehead atoms. The highest BCUT2D eigenvalue weighted by atomic mass is 35.5. The molecule has 15 heteroatoms. The van der Waals surface area contributed by atoms with Gasteiger partial charge in [-0.1, -0.05) is 92.1 Å². The van der Waals surface area contributed by atoms with Crippen molar-refractivity contribution in [2.24, 2.45) is 4.99 Å². The highest BCUT2D eigenvalue weighted by molar-refractivity contribution is 7.99. The minimum absolute atomic E-state index is 0.173. The first kappa shape index (κ1) is 36.2. The number of nitrogens with one attached hydrogen (secondary N) is 1. The number of carbonyl (C=O) groups is 1. The molecule has 5 aromatic rings. The van der Waals surface area contributed by atoms with E-state index in [1.54, 1.807) is 43.3 Å². The van der Waals surface area contributed by atoms with Gasteiger partial charge in [-0.2, -0.15) is 0 Å². The van der Waals surface area contributed by atoms with Gasteiger partial charge in [0.25, 0.3) is 11.2 Å². The van der Waals surface area contributed by atoms with Gasteiger partial charge in [-0.3, -0.25) is 24.6 Å². The van der Waals surface area contributed by atoms with E-state index in [0.717, 1.165) is 29.3 Å². The number of hydrogen-bond donors (Lipinski definition) is 1. The molecule has 0 radical (unpaired) electrons. The summed E-state index contributed by atoms with van der Waals surface area (Å²) >= 11 is 14.5. The van der Waals surface area contributed by atoms with Gasteiger partial charge < -0.3 is 4.74 Å². The highest BCUT2D eigenvalue weighted by Gasteiger charge is 2.34. The molecule has 1 atom stereocenters. The zero-order valence-electron chi connectivity index (χ0n) is 28.0. The van der Waals surface area contributed by atoms with Crippen molar-refractivity contribution in [1.29, 1.82) is 0 Å². The Morgan fingerprint density at radius 2 is 1.90 bits per heavy atom. The third-order valence-electron chi connectivity index (χ3n) is 8.14. The molecular formula is C36H32Cl2N6O5S2. The average Bonchev–Trinajstić information content (AvgIpc) is 3.68. The summed E-state index contributed by atoms with van der Waals surface area (Å²) in [6.07, 6.45) is 2.85. The van der Waals surface area contributed by atoms with Gasteiger partial charge in [-0.25, -0.2) is 14.8 Å². The van der Waals surface area contributed by atoms with Gasteiger partial charge in [0, 0.05) is 16.7 Å². The lowest BCUT2D eigenvalue weighted by Crippen LogP contribution is -2.40. The number of H-pyrrole nitrogens is 1. The van der Waals surface area contributed by atoms with Crippen LogP contribution >= 0.6 is 46.3 Å². The summed E-state index contributed by atoms with van der Waals surface area (Å²) in [4.78, 5) is 49.4. The number of allylic oxidation sites excluding steroid dienone is 1. The number of ether oxygens (including phenoxy) is 1. The monoisotopic (exact) mass is 762 g/mol. The fourth-order valence-corrected chi connectivity index (χ4v) is 8.01. The normalized spacial score (nSPS) is 14.5. The first-order valence-corrected chi connectivity index (χ1v) is 18.5. The molecule has 11 nitrogen and oxygen atoms in total. The van der Waals surface area contributed by atoms with Gasteiger partial charge in [0.1, 0.15) is 0 Å². The molecule has 0 amide bonds. The number of carbonyl (C=O) groups excluding carboxylic acids is 1. The van der Waals surface area contributed by atoms with Crippen LogP contribution in [0.15, 0.2) is 91.8 Å². The third-order valence-corrected chi connectivity index (χ3v) is 10.6. The first-order chi connectivity index (χ1) is 24.5. The van der Waals surface area contributed by atoms with Crippen molar-refractivity contribution in [3.8, 4) is 11.4 Å². The number of halogens is 2. The molecule has 3 aromatic carbocycles. The predicted octanol–water partition coefficient (Wildman–Crippen LogP) is 7.85. The maximum absolute atomic E-state index is 14.2. The Hall–Kier alpha value is -4.56. The lowest BCUT2D eigenvalue weighted by molar-refractivity contribution is -0.387. The number of nitro groups is 1. The van der Waals surface area contributed by atoms with Crippen molar-refractivity contribution in [2.75, 3.05) is 6.61 Å². The number of benzene rings is 3. The lowest BCUT2D eigenvalue weighted by Gasteiger charge is -2.26. The minimum atomic E-state index is -0.757. The van der Waals surface area contributed by atoms with E-state index in [0.29, 0.717) is 64.8 Å². The molecule has 1 aliphatic heterocycles. The molecule has 0 saturated carbocycles. The van der Waals surface area contributed by atoms with Gasteiger partial charge in [0.05, 0.1) is 43.3 Å². The van der Waals surface area contributed by atoms with Crippen LogP contribution in [0.3, 0.4) is 0 Å². The zero-order valence-corrected chi connectivity index (χ0v) is 31.1. The van der Waals surface area contributed by atoms with Crippen molar-refractivity contribution in [2.45, 2.75) is 62.5 Å². The Labute approximate surface area is 310 Å². The summed E-state index contributed by atoms with van der Waals surface area (Å²) in [5.41, 5.74) is 3.25. The number of esters is 1. The minimum Gasteiger partial charge on any atom is -0.463 e. The van der Waals surface area contributed by atoms with Crippen LogP contribution in [0.4, 0.5) is 5.69 Å². The number of aromatic amines is 1. The fraction of sp³-hybridized carbons (Fsp3) is 0.250. The van der Waals surface area contributed by atoms with Crippen LogP contribution in [0.2, 0.25) is 10.0 Å². The van der Waals surface area contributed by atoms with E-state index in [-0.39, 0.29) is 23.0 Å². The maximum atomic E-state index is 14.2. The van der Waals surface area contributed by atoms with Gasteiger partial charge in [-0.05, 0) is 78.1 Å². The van der Waals surface area contributed by atoms with Gasteiger partial charge in [-0.15, -0.1) is 5.10 Å². The molecular weight excluding hydrogens is 731 g/mol. The summed E-state index contributed by atoms with van der Waals surface area (Å²) in [7, 11) is 0. The smallest absolute Gasteiger partial charge is 0.338 e. The molecule has 0 saturated heterocycles.